The number of benzene rings is 4. The number of fused-ring (bicyclic) bond motifs is 1. The number of phenolic OH excluding ortho intramolecular Hbond substituents is 1. The number of rotatable bonds is 4. The molecule has 0 unspecified atom stereocenters. The first-order valence-corrected chi connectivity index (χ1v) is 16.1. The highest BCUT2D eigenvalue weighted by atomic mass is 16.3. The summed E-state index contributed by atoms with van der Waals surface area (Å²) in [6.45, 7) is 20.3. The van der Waals surface area contributed by atoms with E-state index in [-0.39, 0.29) is 22.0 Å². The Labute approximate surface area is 273 Å². The summed E-state index contributed by atoms with van der Waals surface area (Å²) in [5.74, 6) is 0.525. The standard InChI is InChI=1S/C42H44N2O2/c1-40(2,3)28-22-30(29-24-31(35-17-13-14-20-43-35)34(42(7,8)9)25-33(29)41(4,5)6)38-37(23-28)46-39(44-38)32-21-27(18-19-36(32)45)26-15-11-10-12-16-26/h10-25,45H,1-9H3. The van der Waals surface area contributed by atoms with Crippen LogP contribution in [0.4, 0.5) is 0 Å². The minimum atomic E-state index is -0.156. The van der Waals surface area contributed by atoms with Gasteiger partial charge >= 0.3 is 0 Å². The molecule has 0 amide bonds. The van der Waals surface area contributed by atoms with Gasteiger partial charge in [-0.15, -0.1) is 0 Å². The predicted molar refractivity (Wildman–Crippen MR) is 191 cm³/mol. The van der Waals surface area contributed by atoms with Crippen LogP contribution in [-0.2, 0) is 16.2 Å². The van der Waals surface area contributed by atoms with Crippen molar-refractivity contribution in [1.82, 2.24) is 9.97 Å². The van der Waals surface area contributed by atoms with Crippen molar-refractivity contribution in [3.63, 3.8) is 0 Å². The highest BCUT2D eigenvalue weighted by Crippen LogP contribution is 2.45. The minimum absolute atomic E-state index is 0.101. The second-order valence-corrected chi connectivity index (χ2v) is 15.4. The molecule has 1 N–H and O–H groups in total. The Morgan fingerprint density at radius 3 is 1.87 bits per heavy atom. The second kappa shape index (κ2) is 11.3. The van der Waals surface area contributed by atoms with Crippen LogP contribution in [0.25, 0.3) is 56.1 Å². The largest absolute Gasteiger partial charge is 0.507 e. The first-order chi connectivity index (χ1) is 21.6. The Morgan fingerprint density at radius 1 is 0.565 bits per heavy atom. The second-order valence-electron chi connectivity index (χ2n) is 15.4. The molecule has 0 aliphatic carbocycles. The molecule has 0 aliphatic rings. The molecule has 0 atom stereocenters. The van der Waals surface area contributed by atoms with E-state index in [0.29, 0.717) is 17.0 Å². The van der Waals surface area contributed by atoms with Crippen LogP contribution < -0.4 is 0 Å². The summed E-state index contributed by atoms with van der Waals surface area (Å²) in [5, 5.41) is 11.0. The van der Waals surface area contributed by atoms with E-state index in [1.807, 2.05) is 48.7 Å². The van der Waals surface area contributed by atoms with Gasteiger partial charge in [-0.2, -0.15) is 0 Å². The lowest BCUT2D eigenvalue weighted by Crippen LogP contribution is -2.19. The maximum atomic E-state index is 11.0. The van der Waals surface area contributed by atoms with Crippen molar-refractivity contribution >= 4 is 11.1 Å². The molecule has 46 heavy (non-hydrogen) atoms. The van der Waals surface area contributed by atoms with Crippen LogP contribution in [0.3, 0.4) is 0 Å². The summed E-state index contributed by atoms with van der Waals surface area (Å²) in [5.41, 5.74) is 11.5. The number of hydrogen-bond donors (Lipinski definition) is 1. The third-order valence-electron chi connectivity index (χ3n) is 8.70. The lowest BCUT2D eigenvalue weighted by molar-refractivity contribution is 0.474. The van der Waals surface area contributed by atoms with Gasteiger partial charge < -0.3 is 9.52 Å². The number of aromatic nitrogens is 2. The van der Waals surface area contributed by atoms with Crippen molar-refractivity contribution in [2.24, 2.45) is 0 Å². The molecule has 0 bridgehead atoms. The summed E-state index contributed by atoms with van der Waals surface area (Å²) in [4.78, 5) is 9.93. The van der Waals surface area contributed by atoms with E-state index in [9.17, 15) is 5.11 Å². The van der Waals surface area contributed by atoms with Crippen LogP contribution >= 0.6 is 0 Å². The first kappa shape index (κ1) is 31.3. The van der Waals surface area contributed by atoms with Crippen LogP contribution in [0.5, 0.6) is 5.75 Å². The maximum Gasteiger partial charge on any atom is 0.231 e. The molecule has 0 saturated heterocycles. The molecule has 4 heteroatoms. The molecular weight excluding hydrogens is 564 g/mol. The number of oxazole rings is 1. The van der Waals surface area contributed by atoms with Crippen LogP contribution in [0, 0.1) is 0 Å². The Hall–Kier alpha value is -4.70. The van der Waals surface area contributed by atoms with E-state index in [1.54, 1.807) is 6.07 Å². The summed E-state index contributed by atoms with van der Waals surface area (Å²) in [6, 6.07) is 30.9. The highest BCUT2D eigenvalue weighted by Gasteiger charge is 2.29. The fourth-order valence-electron chi connectivity index (χ4n) is 6.10. The molecule has 2 heterocycles. The zero-order valence-corrected chi connectivity index (χ0v) is 28.5. The SMILES string of the molecule is CC(C)(C)c1cc(-c2cc(-c3ccccn3)c(C(C)(C)C)cc2C(C)(C)C)c2nc(-c3cc(-c4ccccc4)ccc3O)oc2c1. The lowest BCUT2D eigenvalue weighted by atomic mass is 9.74. The molecule has 234 valence electrons. The van der Waals surface area contributed by atoms with Crippen LogP contribution in [0.1, 0.15) is 79.0 Å². The van der Waals surface area contributed by atoms with E-state index in [1.165, 1.54) is 11.1 Å². The van der Waals surface area contributed by atoms with Crippen molar-refractivity contribution in [2.45, 2.75) is 78.6 Å². The molecule has 4 aromatic carbocycles. The zero-order chi connectivity index (χ0) is 33.0. The first-order valence-electron chi connectivity index (χ1n) is 16.1. The van der Waals surface area contributed by atoms with E-state index < -0.39 is 0 Å². The summed E-state index contributed by atoms with van der Waals surface area (Å²) >= 11 is 0. The van der Waals surface area contributed by atoms with Crippen LogP contribution in [-0.4, -0.2) is 15.1 Å². The average Bonchev–Trinajstić information content (AvgIpc) is 3.44. The van der Waals surface area contributed by atoms with Gasteiger partial charge in [-0.25, -0.2) is 4.98 Å². The van der Waals surface area contributed by atoms with Gasteiger partial charge in [-0.1, -0.05) is 111 Å². The molecule has 0 fully saturated rings. The Bertz CT molecular complexity index is 2030. The number of nitrogens with zero attached hydrogens (tertiary/aromatic N) is 2. The normalized spacial score (nSPS) is 12.5. The third-order valence-corrected chi connectivity index (χ3v) is 8.70. The summed E-state index contributed by atoms with van der Waals surface area (Å²) in [6.07, 6.45) is 1.86. The Morgan fingerprint density at radius 2 is 1.24 bits per heavy atom. The van der Waals surface area contributed by atoms with Gasteiger partial charge in [0.25, 0.3) is 0 Å². The van der Waals surface area contributed by atoms with E-state index >= 15 is 0 Å². The molecule has 6 rings (SSSR count). The molecule has 0 saturated carbocycles. The van der Waals surface area contributed by atoms with Crippen molar-refractivity contribution in [3.8, 4) is 50.7 Å². The van der Waals surface area contributed by atoms with Crippen LogP contribution in [0.15, 0.2) is 102 Å². The topological polar surface area (TPSA) is 59.2 Å². The van der Waals surface area contributed by atoms with Gasteiger partial charge in [-0.3, -0.25) is 4.98 Å². The summed E-state index contributed by atoms with van der Waals surface area (Å²) in [7, 11) is 0. The van der Waals surface area contributed by atoms with E-state index in [4.69, 9.17) is 14.4 Å². The van der Waals surface area contributed by atoms with Crippen molar-refractivity contribution < 1.29 is 9.52 Å². The van der Waals surface area contributed by atoms with Crippen molar-refractivity contribution in [3.05, 3.63) is 114 Å². The number of hydrogen-bond acceptors (Lipinski definition) is 4. The van der Waals surface area contributed by atoms with Gasteiger partial charge in [0.2, 0.25) is 5.89 Å². The monoisotopic (exact) mass is 608 g/mol. The van der Waals surface area contributed by atoms with Gasteiger partial charge in [0.05, 0.1) is 11.3 Å². The van der Waals surface area contributed by atoms with Crippen molar-refractivity contribution in [1.29, 1.82) is 0 Å². The minimum Gasteiger partial charge on any atom is -0.507 e. The lowest BCUT2D eigenvalue weighted by Gasteiger charge is -2.30. The molecular formula is C42H44N2O2. The predicted octanol–water partition coefficient (Wildman–Crippen LogP) is 11.5. The summed E-state index contributed by atoms with van der Waals surface area (Å²) < 4.78 is 6.56. The number of aromatic hydroxyl groups is 1. The Kier molecular flexibility index (Phi) is 7.67. The molecule has 2 aromatic heterocycles. The van der Waals surface area contributed by atoms with Gasteiger partial charge in [0.15, 0.2) is 5.58 Å². The van der Waals surface area contributed by atoms with E-state index in [2.05, 4.69) is 105 Å². The Balaban J connectivity index is 1.67. The van der Waals surface area contributed by atoms with Crippen molar-refractivity contribution in [2.75, 3.05) is 0 Å². The van der Waals surface area contributed by atoms with Crippen LogP contribution in [0.2, 0.25) is 0 Å². The molecule has 0 spiro atoms. The maximum absolute atomic E-state index is 11.0. The van der Waals surface area contributed by atoms with Gasteiger partial charge in [0, 0.05) is 17.3 Å². The van der Waals surface area contributed by atoms with Gasteiger partial charge in [0.1, 0.15) is 11.3 Å². The smallest absolute Gasteiger partial charge is 0.231 e. The quantitative estimate of drug-likeness (QED) is 0.216. The number of phenols is 1. The highest BCUT2D eigenvalue weighted by molar-refractivity contribution is 5.96. The van der Waals surface area contributed by atoms with E-state index in [0.717, 1.165) is 44.6 Å². The fourth-order valence-corrected chi connectivity index (χ4v) is 6.10. The van der Waals surface area contributed by atoms with Gasteiger partial charge in [-0.05, 0) is 92.1 Å². The molecule has 4 nitrogen and oxygen atoms in total. The fraction of sp³-hybridized carbons (Fsp3) is 0.286. The molecule has 0 aliphatic heterocycles. The third kappa shape index (κ3) is 5.97. The molecule has 6 aromatic rings. The number of pyridine rings is 1. The average molecular weight is 609 g/mol. The molecule has 0 radical (unpaired) electrons. The zero-order valence-electron chi connectivity index (χ0n) is 28.5.